The van der Waals surface area contributed by atoms with E-state index >= 15 is 0 Å². The quantitative estimate of drug-likeness (QED) is 0.881. The standard InChI is InChI=1S/C17H21F3N2O2/c18-17(19,20)13-3-1-2-12(8-13)9-14(23)15(24)22-7-5-16(11-22)4-6-21-10-16/h1-3,8,14,21,23H,4-7,9-11H2/t14-,16-/m1/s1. The van der Waals surface area contributed by atoms with E-state index in [4.69, 9.17) is 0 Å². The minimum atomic E-state index is -4.43. The van der Waals surface area contributed by atoms with Crippen LogP contribution in [0.4, 0.5) is 13.2 Å². The molecule has 1 aromatic rings. The number of carbonyl (C=O) groups excluding carboxylic acids is 1. The number of aliphatic hydroxyl groups excluding tert-OH is 1. The lowest BCUT2D eigenvalue weighted by molar-refractivity contribution is -0.139. The van der Waals surface area contributed by atoms with Gasteiger partial charge in [0.2, 0.25) is 0 Å². The number of rotatable bonds is 3. The van der Waals surface area contributed by atoms with Crippen molar-refractivity contribution in [2.45, 2.75) is 31.5 Å². The van der Waals surface area contributed by atoms with Gasteiger partial charge in [-0.05, 0) is 31.0 Å². The largest absolute Gasteiger partial charge is 0.416 e. The Morgan fingerprint density at radius 1 is 1.38 bits per heavy atom. The van der Waals surface area contributed by atoms with Gasteiger partial charge in [-0.3, -0.25) is 4.79 Å². The van der Waals surface area contributed by atoms with E-state index in [2.05, 4.69) is 5.32 Å². The number of benzene rings is 1. The van der Waals surface area contributed by atoms with Crippen molar-refractivity contribution >= 4 is 5.91 Å². The van der Waals surface area contributed by atoms with Crippen LogP contribution in [0.25, 0.3) is 0 Å². The number of hydrogen-bond acceptors (Lipinski definition) is 3. The van der Waals surface area contributed by atoms with Crippen molar-refractivity contribution in [3.05, 3.63) is 35.4 Å². The van der Waals surface area contributed by atoms with Gasteiger partial charge in [0.25, 0.3) is 5.91 Å². The molecule has 0 aliphatic carbocycles. The summed E-state index contributed by atoms with van der Waals surface area (Å²) in [5, 5.41) is 13.5. The lowest BCUT2D eigenvalue weighted by Gasteiger charge is -2.24. The molecule has 4 nitrogen and oxygen atoms in total. The number of halogens is 3. The summed E-state index contributed by atoms with van der Waals surface area (Å²) in [4.78, 5) is 14.0. The number of likely N-dealkylation sites (tertiary alicyclic amines) is 1. The summed E-state index contributed by atoms with van der Waals surface area (Å²) in [6, 6.07) is 4.76. The van der Waals surface area contributed by atoms with Crippen LogP contribution in [0.2, 0.25) is 0 Å². The van der Waals surface area contributed by atoms with Crippen molar-refractivity contribution < 1.29 is 23.1 Å². The Balaban J connectivity index is 1.63. The lowest BCUT2D eigenvalue weighted by atomic mass is 9.86. The van der Waals surface area contributed by atoms with E-state index in [0.717, 1.165) is 38.1 Å². The highest BCUT2D eigenvalue weighted by Gasteiger charge is 2.42. The summed E-state index contributed by atoms with van der Waals surface area (Å²) in [5.41, 5.74) is -0.357. The Bertz CT molecular complexity index is 612. The molecule has 2 aliphatic rings. The van der Waals surface area contributed by atoms with Gasteiger partial charge in [0.15, 0.2) is 0 Å². The van der Waals surface area contributed by atoms with Crippen LogP contribution < -0.4 is 5.32 Å². The zero-order valence-corrected chi connectivity index (χ0v) is 13.3. The fourth-order valence-electron chi connectivity index (χ4n) is 3.66. The van der Waals surface area contributed by atoms with Crippen LogP contribution >= 0.6 is 0 Å². The van der Waals surface area contributed by atoms with Crippen molar-refractivity contribution in [2.75, 3.05) is 26.2 Å². The van der Waals surface area contributed by atoms with Crippen molar-refractivity contribution in [3.63, 3.8) is 0 Å². The van der Waals surface area contributed by atoms with Gasteiger partial charge in [-0.25, -0.2) is 0 Å². The fourth-order valence-corrected chi connectivity index (χ4v) is 3.66. The maximum Gasteiger partial charge on any atom is 0.416 e. The van der Waals surface area contributed by atoms with Crippen molar-refractivity contribution in [1.82, 2.24) is 10.2 Å². The lowest BCUT2D eigenvalue weighted by Crippen LogP contribution is -2.40. The second kappa shape index (κ2) is 6.37. The molecule has 0 bridgehead atoms. The Labute approximate surface area is 138 Å². The molecule has 0 aromatic heterocycles. The second-order valence-electron chi connectivity index (χ2n) is 6.85. The maximum atomic E-state index is 12.7. The van der Waals surface area contributed by atoms with E-state index < -0.39 is 23.8 Å². The molecule has 2 aliphatic heterocycles. The molecule has 1 amide bonds. The average molecular weight is 342 g/mol. The minimum Gasteiger partial charge on any atom is -0.383 e. The first-order valence-corrected chi connectivity index (χ1v) is 8.13. The SMILES string of the molecule is O=C([C@H](O)Cc1cccc(C(F)(F)F)c1)N1CC[C@@]2(CCNC2)C1. The molecule has 2 heterocycles. The zero-order chi connectivity index (χ0) is 17.4. The van der Waals surface area contributed by atoms with E-state index in [-0.39, 0.29) is 11.8 Å². The molecular weight excluding hydrogens is 321 g/mol. The topological polar surface area (TPSA) is 52.6 Å². The third-order valence-electron chi connectivity index (χ3n) is 5.05. The summed E-state index contributed by atoms with van der Waals surface area (Å²) in [7, 11) is 0. The predicted octanol–water partition coefficient (Wildman–Crippen LogP) is 1.82. The zero-order valence-electron chi connectivity index (χ0n) is 13.3. The number of nitrogens with one attached hydrogen (secondary N) is 1. The van der Waals surface area contributed by atoms with Crippen LogP contribution in [0.15, 0.2) is 24.3 Å². The van der Waals surface area contributed by atoms with E-state index in [1.54, 1.807) is 4.90 Å². The Hall–Kier alpha value is -1.60. The van der Waals surface area contributed by atoms with Gasteiger partial charge in [0.05, 0.1) is 5.56 Å². The van der Waals surface area contributed by atoms with Crippen LogP contribution in [0.5, 0.6) is 0 Å². The van der Waals surface area contributed by atoms with Gasteiger partial charge < -0.3 is 15.3 Å². The van der Waals surface area contributed by atoms with Crippen LogP contribution in [-0.4, -0.2) is 48.2 Å². The molecule has 0 radical (unpaired) electrons. The predicted molar refractivity (Wildman–Crippen MR) is 82.3 cm³/mol. The number of nitrogens with zero attached hydrogens (tertiary/aromatic N) is 1. The fraction of sp³-hybridized carbons (Fsp3) is 0.588. The first kappa shape index (κ1) is 17.2. The first-order valence-electron chi connectivity index (χ1n) is 8.13. The summed E-state index contributed by atoms with van der Waals surface area (Å²) < 4.78 is 38.2. The summed E-state index contributed by atoms with van der Waals surface area (Å²) >= 11 is 0. The Morgan fingerprint density at radius 3 is 2.83 bits per heavy atom. The van der Waals surface area contributed by atoms with Crippen molar-refractivity contribution in [2.24, 2.45) is 5.41 Å². The Kier molecular flexibility index (Phi) is 4.57. The molecule has 1 spiro atoms. The van der Waals surface area contributed by atoms with Gasteiger partial charge in [-0.2, -0.15) is 13.2 Å². The third kappa shape index (κ3) is 3.57. The van der Waals surface area contributed by atoms with Gasteiger partial charge in [-0.1, -0.05) is 18.2 Å². The number of carbonyl (C=O) groups is 1. The minimum absolute atomic E-state index is 0.103. The number of hydrogen-bond donors (Lipinski definition) is 2. The molecule has 2 saturated heterocycles. The summed E-state index contributed by atoms with van der Waals surface area (Å²) in [5.74, 6) is -0.392. The van der Waals surface area contributed by atoms with Gasteiger partial charge in [0, 0.05) is 31.5 Å². The normalized spacial score (nSPS) is 25.4. The van der Waals surface area contributed by atoms with Crippen LogP contribution in [0, 0.1) is 5.41 Å². The molecule has 2 atom stereocenters. The van der Waals surface area contributed by atoms with E-state index in [9.17, 15) is 23.1 Å². The van der Waals surface area contributed by atoms with Crippen LogP contribution in [-0.2, 0) is 17.4 Å². The highest BCUT2D eigenvalue weighted by molar-refractivity contribution is 5.81. The molecule has 2 N–H and O–H groups in total. The van der Waals surface area contributed by atoms with Crippen LogP contribution in [0.3, 0.4) is 0 Å². The van der Waals surface area contributed by atoms with Crippen LogP contribution in [0.1, 0.15) is 24.0 Å². The highest BCUT2D eigenvalue weighted by atomic mass is 19.4. The Morgan fingerprint density at radius 2 is 2.17 bits per heavy atom. The number of amides is 1. The van der Waals surface area contributed by atoms with Gasteiger partial charge in [0.1, 0.15) is 6.10 Å². The molecule has 24 heavy (non-hydrogen) atoms. The second-order valence-corrected chi connectivity index (χ2v) is 6.85. The van der Waals surface area contributed by atoms with Crippen molar-refractivity contribution in [1.29, 1.82) is 0 Å². The molecule has 3 rings (SSSR count). The molecule has 132 valence electrons. The average Bonchev–Trinajstić information content (AvgIpc) is 3.16. The number of alkyl halides is 3. The van der Waals surface area contributed by atoms with E-state index in [1.165, 1.54) is 12.1 Å². The first-order chi connectivity index (χ1) is 11.3. The number of aliphatic hydroxyl groups is 1. The highest BCUT2D eigenvalue weighted by Crippen LogP contribution is 2.36. The van der Waals surface area contributed by atoms with Crippen molar-refractivity contribution in [3.8, 4) is 0 Å². The van der Waals surface area contributed by atoms with E-state index in [0.29, 0.717) is 18.7 Å². The molecular formula is C17H21F3N2O2. The smallest absolute Gasteiger partial charge is 0.383 e. The monoisotopic (exact) mass is 342 g/mol. The molecule has 2 fully saturated rings. The van der Waals surface area contributed by atoms with Gasteiger partial charge in [-0.15, -0.1) is 0 Å². The van der Waals surface area contributed by atoms with E-state index in [1.807, 2.05) is 0 Å². The summed E-state index contributed by atoms with van der Waals surface area (Å²) in [6.45, 7) is 3.02. The summed E-state index contributed by atoms with van der Waals surface area (Å²) in [6.07, 6.45) is -3.92. The van der Waals surface area contributed by atoms with Gasteiger partial charge >= 0.3 is 6.18 Å². The molecule has 0 saturated carbocycles. The third-order valence-corrected chi connectivity index (χ3v) is 5.05. The maximum absolute atomic E-state index is 12.7. The molecule has 0 unspecified atom stereocenters. The molecule has 7 heteroatoms. The molecule has 1 aromatic carbocycles.